The summed E-state index contributed by atoms with van der Waals surface area (Å²) in [7, 11) is 4.19. The number of rotatable bonds is 9. The number of thioether (sulfide) groups is 1. The van der Waals surface area contributed by atoms with Gasteiger partial charge >= 0.3 is 5.97 Å². The Labute approximate surface area is 294 Å². The van der Waals surface area contributed by atoms with E-state index in [4.69, 9.17) is 4.74 Å². The Morgan fingerprint density at radius 1 is 1.20 bits per heavy atom. The van der Waals surface area contributed by atoms with Crippen molar-refractivity contribution in [1.82, 2.24) is 24.8 Å². The summed E-state index contributed by atoms with van der Waals surface area (Å²) in [4.78, 5) is 57.3. The summed E-state index contributed by atoms with van der Waals surface area (Å²) in [6.45, 7) is 14.5. The van der Waals surface area contributed by atoms with E-state index in [2.05, 4.69) is 71.5 Å². The van der Waals surface area contributed by atoms with E-state index in [-0.39, 0.29) is 47.2 Å². The van der Waals surface area contributed by atoms with Crippen LogP contribution in [-0.2, 0) is 19.1 Å². The highest BCUT2D eigenvalue weighted by Gasteiger charge is 2.68. The van der Waals surface area contributed by atoms with E-state index >= 15 is 0 Å². The number of nitrogens with zero attached hydrogens (tertiary/aromatic N) is 4. The zero-order valence-electron chi connectivity index (χ0n) is 30.0. The first-order valence-corrected chi connectivity index (χ1v) is 18.9. The highest BCUT2D eigenvalue weighted by Crippen LogP contribution is 2.68. The largest absolute Gasteiger partial charge is 0.461 e. The van der Waals surface area contributed by atoms with Gasteiger partial charge < -0.3 is 25.0 Å². The number of ketones is 1. The second-order valence-corrected chi connectivity index (χ2v) is 16.9. The van der Waals surface area contributed by atoms with Crippen LogP contribution in [0.25, 0.3) is 11.0 Å². The van der Waals surface area contributed by atoms with Crippen molar-refractivity contribution >= 4 is 46.3 Å². The molecule has 2 bridgehead atoms. The van der Waals surface area contributed by atoms with Crippen LogP contribution in [0.2, 0.25) is 0 Å². The van der Waals surface area contributed by atoms with Crippen LogP contribution in [0.3, 0.4) is 0 Å². The minimum absolute atomic E-state index is 0.0467. The average molecular weight is 695 g/mol. The molecule has 4 fully saturated rings. The molecule has 3 N–H and O–H groups in total. The number of esters is 1. The lowest BCUT2D eigenvalue weighted by Gasteiger charge is -2.61. The highest BCUT2D eigenvalue weighted by molar-refractivity contribution is 7.99. The molecule has 2 aromatic heterocycles. The Bertz CT molecular complexity index is 1590. The number of aliphatic hydroxyl groups is 1. The SMILES string of the molecule is C=C[C@]1(C)C[C@@H](OC(=O)CSc2nc(NC(=O)CN3CCC(N(C)C)CC3)c3cc[nH]c3n2)[C@]2(C)[C@H](C)CC[C@]3(CCC(=O)[C@H]32)[C@@H](C)[C@@H]1O. The molecule has 3 heterocycles. The number of nitrogens with one attached hydrogen (secondary N) is 2. The van der Waals surface area contributed by atoms with E-state index < -0.39 is 29.0 Å². The van der Waals surface area contributed by atoms with Crippen LogP contribution in [-0.4, -0.2) is 105 Å². The molecule has 12 heteroatoms. The maximum Gasteiger partial charge on any atom is 0.316 e. The van der Waals surface area contributed by atoms with Gasteiger partial charge in [-0.05, 0) is 75.9 Å². The van der Waals surface area contributed by atoms with Crippen molar-refractivity contribution in [2.75, 3.05) is 44.8 Å². The molecule has 0 aromatic carbocycles. The van der Waals surface area contributed by atoms with Gasteiger partial charge in [0.15, 0.2) is 5.16 Å². The monoisotopic (exact) mass is 694 g/mol. The maximum absolute atomic E-state index is 13.7. The Kier molecular flexibility index (Phi) is 10.1. The van der Waals surface area contributed by atoms with Gasteiger partial charge in [0.1, 0.15) is 23.4 Å². The van der Waals surface area contributed by atoms with Crippen molar-refractivity contribution in [2.24, 2.45) is 34.0 Å². The number of fused-ring (bicyclic) bond motifs is 1. The summed E-state index contributed by atoms with van der Waals surface area (Å²) in [5, 5.41) is 15.8. The number of aliphatic hydroxyl groups excluding tert-OH is 1. The molecule has 6 rings (SSSR count). The summed E-state index contributed by atoms with van der Waals surface area (Å²) >= 11 is 1.15. The minimum atomic E-state index is -0.716. The minimum Gasteiger partial charge on any atom is -0.461 e. The van der Waals surface area contributed by atoms with Crippen LogP contribution >= 0.6 is 11.8 Å². The standard InChI is InChI=1S/C37H54N6O5S/c1-8-35(4)19-27(36(5)22(2)9-14-37(23(3)31(35)47)15-10-26(44)30(36)37)48-29(46)21-49-34-40-32-25(11-16-38-32)33(41-34)39-28(45)20-43-17-12-24(13-18-43)42(6)7/h8,11,16,22-24,27,30-31,47H,1,9-10,12-15,17-21H2,2-7H3,(H2,38,39,40,41,45)/t22-,23+,27-,30+,31+,35-,36+,37+/m1/s1. The van der Waals surface area contributed by atoms with Crippen LogP contribution < -0.4 is 5.32 Å². The Morgan fingerprint density at radius 2 is 1.94 bits per heavy atom. The van der Waals surface area contributed by atoms with Gasteiger partial charge in [0.2, 0.25) is 5.91 Å². The predicted octanol–water partition coefficient (Wildman–Crippen LogP) is 4.92. The Hall–Kier alpha value is -2.80. The third kappa shape index (κ3) is 6.47. The molecular formula is C37H54N6O5S. The maximum atomic E-state index is 13.7. The van der Waals surface area contributed by atoms with Crippen molar-refractivity contribution in [3.8, 4) is 0 Å². The first-order valence-electron chi connectivity index (χ1n) is 17.9. The van der Waals surface area contributed by atoms with Crippen molar-refractivity contribution in [2.45, 2.75) is 96.0 Å². The first kappa shape index (κ1) is 36.0. The van der Waals surface area contributed by atoms with Crippen molar-refractivity contribution < 1.29 is 24.2 Å². The van der Waals surface area contributed by atoms with Gasteiger partial charge in [-0.1, -0.05) is 45.5 Å². The topological polar surface area (TPSA) is 141 Å². The second kappa shape index (κ2) is 13.7. The van der Waals surface area contributed by atoms with E-state index in [0.29, 0.717) is 40.9 Å². The van der Waals surface area contributed by atoms with Gasteiger partial charge in [-0.25, -0.2) is 9.97 Å². The molecule has 1 aliphatic heterocycles. The molecule has 8 atom stereocenters. The number of H-pyrrole nitrogens is 1. The number of likely N-dealkylation sites (tertiary alicyclic amines) is 1. The van der Waals surface area contributed by atoms with Crippen LogP contribution in [0.5, 0.6) is 0 Å². The summed E-state index contributed by atoms with van der Waals surface area (Å²) in [6.07, 6.45) is 7.74. The van der Waals surface area contributed by atoms with Crippen LogP contribution in [0.1, 0.15) is 72.6 Å². The smallest absolute Gasteiger partial charge is 0.316 e. The van der Waals surface area contributed by atoms with Crippen molar-refractivity contribution in [3.05, 3.63) is 24.9 Å². The zero-order valence-corrected chi connectivity index (χ0v) is 30.8. The molecule has 0 unspecified atom stereocenters. The summed E-state index contributed by atoms with van der Waals surface area (Å²) < 4.78 is 6.40. The third-order valence-corrected chi connectivity index (χ3v) is 14.0. The number of aromatic nitrogens is 3. The molecule has 0 spiro atoms. The molecule has 3 aliphatic carbocycles. The Balaban J connectivity index is 1.17. The van der Waals surface area contributed by atoms with E-state index in [9.17, 15) is 19.5 Å². The van der Waals surface area contributed by atoms with E-state index in [0.717, 1.165) is 57.0 Å². The summed E-state index contributed by atoms with van der Waals surface area (Å²) in [6, 6.07) is 2.36. The molecule has 268 valence electrons. The quantitative estimate of drug-likeness (QED) is 0.143. The molecule has 1 saturated heterocycles. The van der Waals surface area contributed by atoms with E-state index in [1.54, 1.807) is 6.20 Å². The molecule has 0 radical (unpaired) electrons. The number of amides is 1. The third-order valence-electron chi connectivity index (χ3n) is 13.2. The lowest BCUT2D eigenvalue weighted by molar-refractivity contribution is -0.205. The Morgan fingerprint density at radius 3 is 2.63 bits per heavy atom. The number of ether oxygens (including phenoxy) is 1. The van der Waals surface area contributed by atoms with Gasteiger partial charge in [-0.3, -0.25) is 19.3 Å². The van der Waals surface area contributed by atoms with Gasteiger partial charge in [0.25, 0.3) is 0 Å². The molecule has 2 aromatic rings. The number of anilines is 1. The van der Waals surface area contributed by atoms with Crippen molar-refractivity contribution in [1.29, 1.82) is 0 Å². The molecule has 11 nitrogen and oxygen atoms in total. The van der Waals surface area contributed by atoms with Gasteiger partial charge in [0, 0.05) is 48.5 Å². The fourth-order valence-electron chi connectivity index (χ4n) is 9.87. The molecule has 3 saturated carbocycles. The summed E-state index contributed by atoms with van der Waals surface area (Å²) in [5.41, 5.74) is -1.04. The predicted molar refractivity (Wildman–Crippen MR) is 191 cm³/mol. The number of aromatic amines is 1. The fraction of sp³-hybridized carbons (Fsp3) is 0.703. The fourth-order valence-corrected chi connectivity index (χ4v) is 10.5. The lowest BCUT2D eigenvalue weighted by Crippen LogP contribution is -2.63. The second-order valence-electron chi connectivity index (χ2n) is 16.0. The molecule has 1 amide bonds. The summed E-state index contributed by atoms with van der Waals surface area (Å²) in [5.74, 6) is -0.202. The highest BCUT2D eigenvalue weighted by atomic mass is 32.2. The number of Topliss-reactive ketones (excluding diaryl/α,β-unsaturated/α-hetero) is 1. The normalized spacial score (nSPS) is 35.5. The average Bonchev–Trinajstić information content (AvgIpc) is 3.69. The number of piperidine rings is 1. The molecular weight excluding hydrogens is 641 g/mol. The van der Waals surface area contributed by atoms with Crippen molar-refractivity contribution in [3.63, 3.8) is 0 Å². The van der Waals surface area contributed by atoms with Gasteiger partial charge in [0.05, 0.1) is 23.8 Å². The number of hydrogen-bond donors (Lipinski definition) is 3. The molecule has 49 heavy (non-hydrogen) atoms. The van der Waals surface area contributed by atoms with Gasteiger partial charge in [-0.15, -0.1) is 6.58 Å². The van der Waals surface area contributed by atoms with E-state index in [1.165, 1.54) is 0 Å². The van der Waals surface area contributed by atoms with Crippen LogP contribution in [0.4, 0.5) is 5.82 Å². The first-order chi connectivity index (χ1) is 23.2. The van der Waals surface area contributed by atoms with E-state index in [1.807, 2.05) is 19.1 Å². The van der Waals surface area contributed by atoms with Gasteiger partial charge in [-0.2, -0.15) is 0 Å². The van der Waals surface area contributed by atoms with Crippen LogP contribution in [0.15, 0.2) is 30.1 Å². The lowest BCUT2D eigenvalue weighted by atomic mass is 9.44. The van der Waals surface area contributed by atoms with Crippen LogP contribution in [0, 0.1) is 34.0 Å². The zero-order chi connectivity index (χ0) is 35.3. The molecule has 4 aliphatic rings. The number of hydrogen-bond acceptors (Lipinski definition) is 10. The number of carbonyl (C=O) groups excluding carboxylic acids is 3. The number of carbonyl (C=O) groups is 3.